The smallest absolute Gasteiger partial charge is 0.256 e. The minimum absolute atomic E-state index is 0.0922. The molecule has 174 valence electrons. The molecule has 1 saturated carbocycles. The second kappa shape index (κ2) is 9.45. The first-order valence-electron chi connectivity index (χ1n) is 12.2. The van der Waals surface area contributed by atoms with Gasteiger partial charge in [-0.2, -0.15) is 0 Å². The van der Waals surface area contributed by atoms with E-state index in [2.05, 4.69) is 9.97 Å². The number of aromatic amines is 1. The van der Waals surface area contributed by atoms with Crippen LogP contribution >= 0.6 is 0 Å². The number of nitrogens with one attached hydrogen (secondary N) is 1. The molecule has 2 aromatic heterocycles. The number of carbonyl (C=O) groups excluding carboxylic acids is 2. The highest BCUT2D eigenvalue weighted by molar-refractivity contribution is 5.94. The standard InChI is InChI=1S/C25H31N5O3/c31-22(14-17-6-2-1-3-7-17)29-13-10-20-19(16-29)24(32)28-23(27-20)21-9-5-12-30(21)25(33)18-8-4-11-26-15-18/h4,8,11,15,17,21H,1-3,5-7,9-10,12-14,16H2,(H,27,28,32)/t21-/m1/s1. The van der Waals surface area contributed by atoms with Crippen LogP contribution in [0.4, 0.5) is 0 Å². The maximum absolute atomic E-state index is 13.0. The normalized spacial score (nSPS) is 21.2. The van der Waals surface area contributed by atoms with E-state index in [4.69, 9.17) is 4.98 Å². The summed E-state index contributed by atoms with van der Waals surface area (Å²) in [4.78, 5) is 54.3. The van der Waals surface area contributed by atoms with Crippen molar-refractivity contribution in [3.8, 4) is 0 Å². The molecule has 3 aliphatic rings. The fraction of sp³-hybridized carbons (Fsp3) is 0.560. The van der Waals surface area contributed by atoms with E-state index in [1.807, 2.05) is 4.90 Å². The summed E-state index contributed by atoms with van der Waals surface area (Å²) < 4.78 is 0. The largest absolute Gasteiger partial charge is 0.338 e. The van der Waals surface area contributed by atoms with Crippen LogP contribution in [-0.4, -0.2) is 49.7 Å². The molecule has 0 radical (unpaired) electrons. The van der Waals surface area contributed by atoms with Crippen LogP contribution in [0.25, 0.3) is 0 Å². The van der Waals surface area contributed by atoms with Crippen molar-refractivity contribution in [3.63, 3.8) is 0 Å². The van der Waals surface area contributed by atoms with Gasteiger partial charge in [-0.25, -0.2) is 4.98 Å². The fourth-order valence-corrected chi connectivity index (χ4v) is 5.53. The van der Waals surface area contributed by atoms with Crippen LogP contribution < -0.4 is 5.56 Å². The Morgan fingerprint density at radius 1 is 1.09 bits per heavy atom. The third kappa shape index (κ3) is 4.56. The molecule has 0 bridgehead atoms. The Morgan fingerprint density at radius 3 is 2.73 bits per heavy atom. The topological polar surface area (TPSA) is 99.3 Å². The van der Waals surface area contributed by atoms with Crippen LogP contribution in [0.5, 0.6) is 0 Å². The number of likely N-dealkylation sites (tertiary alicyclic amines) is 1. The number of hydrogen-bond acceptors (Lipinski definition) is 5. The summed E-state index contributed by atoms with van der Waals surface area (Å²) in [7, 11) is 0. The van der Waals surface area contributed by atoms with Gasteiger partial charge in [-0.3, -0.25) is 19.4 Å². The number of hydrogen-bond donors (Lipinski definition) is 1. The monoisotopic (exact) mass is 449 g/mol. The first-order chi connectivity index (χ1) is 16.1. The maximum Gasteiger partial charge on any atom is 0.256 e. The number of aromatic nitrogens is 3. The molecular weight excluding hydrogens is 418 g/mol. The molecule has 4 heterocycles. The van der Waals surface area contributed by atoms with Crippen LogP contribution in [0, 0.1) is 5.92 Å². The SMILES string of the molecule is O=C(CC1CCCCC1)N1CCc2nc([C@H]3CCCN3C(=O)c3cccnc3)[nH]c(=O)c2C1. The van der Waals surface area contributed by atoms with Gasteiger partial charge >= 0.3 is 0 Å². The number of rotatable bonds is 4. The van der Waals surface area contributed by atoms with Crippen molar-refractivity contribution >= 4 is 11.8 Å². The average molecular weight is 450 g/mol. The minimum Gasteiger partial charge on any atom is -0.338 e. The van der Waals surface area contributed by atoms with Gasteiger partial charge in [0.2, 0.25) is 5.91 Å². The Morgan fingerprint density at radius 2 is 1.94 bits per heavy atom. The van der Waals surface area contributed by atoms with Gasteiger partial charge in [-0.05, 0) is 43.7 Å². The third-order valence-electron chi connectivity index (χ3n) is 7.37. The van der Waals surface area contributed by atoms with Crippen LogP contribution in [0.1, 0.15) is 84.8 Å². The van der Waals surface area contributed by atoms with Gasteiger partial charge in [0.05, 0.1) is 29.4 Å². The lowest BCUT2D eigenvalue weighted by Crippen LogP contribution is -2.41. The quantitative estimate of drug-likeness (QED) is 0.774. The van der Waals surface area contributed by atoms with Crippen molar-refractivity contribution in [1.82, 2.24) is 24.8 Å². The summed E-state index contributed by atoms with van der Waals surface area (Å²) in [5.41, 5.74) is 1.70. The van der Waals surface area contributed by atoms with E-state index in [0.29, 0.717) is 55.3 Å². The Kier molecular flexibility index (Phi) is 6.24. The van der Waals surface area contributed by atoms with Gasteiger partial charge in [0, 0.05) is 38.3 Å². The molecule has 1 N–H and O–H groups in total. The van der Waals surface area contributed by atoms with Crippen molar-refractivity contribution in [2.24, 2.45) is 5.92 Å². The summed E-state index contributed by atoms with van der Waals surface area (Å²) in [6, 6.07) is 3.26. The van der Waals surface area contributed by atoms with Crippen LogP contribution in [0.2, 0.25) is 0 Å². The molecule has 0 aromatic carbocycles. The van der Waals surface area contributed by atoms with E-state index >= 15 is 0 Å². The number of carbonyl (C=O) groups is 2. The summed E-state index contributed by atoms with van der Waals surface area (Å²) in [6.07, 6.45) is 12.0. The molecular formula is C25H31N5O3. The van der Waals surface area contributed by atoms with Gasteiger partial charge in [-0.1, -0.05) is 19.3 Å². The average Bonchev–Trinajstić information content (AvgIpc) is 3.34. The molecule has 8 nitrogen and oxygen atoms in total. The number of fused-ring (bicyclic) bond motifs is 1. The summed E-state index contributed by atoms with van der Waals surface area (Å²) in [5.74, 6) is 1.10. The van der Waals surface area contributed by atoms with E-state index in [1.165, 1.54) is 19.3 Å². The van der Waals surface area contributed by atoms with Crippen molar-refractivity contribution in [2.75, 3.05) is 13.1 Å². The predicted octanol–water partition coefficient (Wildman–Crippen LogP) is 3.00. The molecule has 5 rings (SSSR count). The van der Waals surface area contributed by atoms with Gasteiger partial charge in [0.25, 0.3) is 11.5 Å². The second-order valence-corrected chi connectivity index (χ2v) is 9.55. The highest BCUT2D eigenvalue weighted by atomic mass is 16.2. The van der Waals surface area contributed by atoms with Crippen LogP contribution in [0.15, 0.2) is 29.3 Å². The first-order valence-corrected chi connectivity index (χ1v) is 12.2. The number of nitrogens with zero attached hydrogens (tertiary/aromatic N) is 4. The molecule has 2 fully saturated rings. The Labute approximate surface area is 193 Å². The zero-order chi connectivity index (χ0) is 22.8. The number of amides is 2. The molecule has 33 heavy (non-hydrogen) atoms. The predicted molar refractivity (Wildman–Crippen MR) is 122 cm³/mol. The van der Waals surface area contributed by atoms with Crippen molar-refractivity contribution < 1.29 is 9.59 Å². The molecule has 2 aromatic rings. The Balaban J connectivity index is 1.31. The fourth-order valence-electron chi connectivity index (χ4n) is 5.53. The van der Waals surface area contributed by atoms with Crippen LogP contribution in [-0.2, 0) is 17.8 Å². The van der Waals surface area contributed by atoms with Gasteiger partial charge in [-0.15, -0.1) is 0 Å². The molecule has 1 atom stereocenters. The molecule has 8 heteroatoms. The molecule has 0 spiro atoms. The lowest BCUT2D eigenvalue weighted by molar-refractivity contribution is -0.133. The maximum atomic E-state index is 13.0. The lowest BCUT2D eigenvalue weighted by Gasteiger charge is -2.31. The third-order valence-corrected chi connectivity index (χ3v) is 7.37. The molecule has 2 aliphatic heterocycles. The zero-order valence-electron chi connectivity index (χ0n) is 19.0. The van der Waals surface area contributed by atoms with E-state index < -0.39 is 0 Å². The van der Waals surface area contributed by atoms with E-state index in [1.54, 1.807) is 29.4 Å². The zero-order valence-corrected chi connectivity index (χ0v) is 19.0. The van der Waals surface area contributed by atoms with Gasteiger partial charge in [0.15, 0.2) is 0 Å². The molecule has 1 saturated heterocycles. The lowest BCUT2D eigenvalue weighted by atomic mass is 9.86. The Hall–Kier alpha value is -3.03. The van der Waals surface area contributed by atoms with Crippen molar-refractivity contribution in [2.45, 2.75) is 70.4 Å². The summed E-state index contributed by atoms with van der Waals surface area (Å²) in [6.45, 7) is 1.55. The van der Waals surface area contributed by atoms with Crippen molar-refractivity contribution in [3.05, 3.63) is 57.5 Å². The van der Waals surface area contributed by atoms with E-state index in [0.717, 1.165) is 31.4 Å². The van der Waals surface area contributed by atoms with Crippen LogP contribution in [0.3, 0.4) is 0 Å². The first kappa shape index (κ1) is 21.8. The Bertz CT molecular complexity index is 1080. The summed E-state index contributed by atoms with van der Waals surface area (Å²) >= 11 is 0. The van der Waals surface area contributed by atoms with Crippen molar-refractivity contribution in [1.29, 1.82) is 0 Å². The summed E-state index contributed by atoms with van der Waals surface area (Å²) in [5, 5.41) is 0. The molecule has 0 unspecified atom stereocenters. The number of H-pyrrole nitrogens is 1. The van der Waals surface area contributed by atoms with Gasteiger partial charge < -0.3 is 14.8 Å². The minimum atomic E-state index is -0.248. The second-order valence-electron chi connectivity index (χ2n) is 9.55. The number of pyridine rings is 1. The highest BCUT2D eigenvalue weighted by Crippen LogP contribution is 2.32. The van der Waals surface area contributed by atoms with E-state index in [-0.39, 0.29) is 23.4 Å². The highest BCUT2D eigenvalue weighted by Gasteiger charge is 2.34. The molecule has 2 amide bonds. The molecule has 1 aliphatic carbocycles. The van der Waals surface area contributed by atoms with Gasteiger partial charge in [0.1, 0.15) is 5.82 Å². The van der Waals surface area contributed by atoms with E-state index in [9.17, 15) is 14.4 Å².